The van der Waals surface area contributed by atoms with Gasteiger partial charge in [-0.2, -0.15) is 4.68 Å². The number of rotatable bonds is 8. The molecule has 31 heavy (non-hydrogen) atoms. The highest BCUT2D eigenvalue weighted by atomic mass is 35.5. The number of thioether (sulfide) groups is 1. The SMILES string of the molecule is CCOCCCn1c(SCn2nnc3ccccc3c2=O)nc2cc(Cl)ccc2c1=O. The Labute approximate surface area is 186 Å². The van der Waals surface area contributed by atoms with Crippen molar-refractivity contribution in [3.8, 4) is 0 Å². The van der Waals surface area contributed by atoms with E-state index in [1.165, 1.54) is 16.4 Å². The number of halogens is 1. The Balaban J connectivity index is 1.69. The molecule has 0 saturated heterocycles. The van der Waals surface area contributed by atoms with Gasteiger partial charge in [-0.3, -0.25) is 14.2 Å². The number of aromatic nitrogens is 5. The van der Waals surface area contributed by atoms with E-state index >= 15 is 0 Å². The summed E-state index contributed by atoms with van der Waals surface area (Å²) >= 11 is 7.34. The first-order valence-electron chi connectivity index (χ1n) is 9.81. The summed E-state index contributed by atoms with van der Waals surface area (Å²) in [5.74, 6) is 0.167. The van der Waals surface area contributed by atoms with E-state index in [4.69, 9.17) is 16.3 Å². The van der Waals surface area contributed by atoms with Crippen LogP contribution in [0.25, 0.3) is 21.8 Å². The van der Waals surface area contributed by atoms with Crippen molar-refractivity contribution in [3.05, 3.63) is 68.2 Å². The topological polar surface area (TPSA) is 91.9 Å². The zero-order valence-electron chi connectivity index (χ0n) is 16.8. The average molecular weight is 458 g/mol. The third kappa shape index (κ3) is 4.63. The van der Waals surface area contributed by atoms with Crippen LogP contribution in [0.4, 0.5) is 0 Å². The predicted octanol–water partition coefficient (Wildman–Crippen LogP) is 3.33. The maximum atomic E-state index is 13.1. The van der Waals surface area contributed by atoms with Gasteiger partial charge in [0.15, 0.2) is 5.16 Å². The van der Waals surface area contributed by atoms with E-state index in [2.05, 4.69) is 15.3 Å². The van der Waals surface area contributed by atoms with Crippen LogP contribution in [0.15, 0.2) is 57.2 Å². The number of fused-ring (bicyclic) bond motifs is 2. The standard InChI is InChI=1S/C21H20ClN5O3S/c1-2-30-11-5-10-26-19(28)16-9-8-14(22)12-18(16)23-21(26)31-13-27-20(29)15-6-3-4-7-17(15)24-25-27/h3-4,6-9,12H,2,5,10-11,13H2,1H3. The second-order valence-corrected chi connectivity index (χ2v) is 8.10. The third-order valence-electron chi connectivity index (χ3n) is 4.70. The van der Waals surface area contributed by atoms with Crippen molar-refractivity contribution < 1.29 is 4.74 Å². The van der Waals surface area contributed by atoms with Crippen molar-refractivity contribution in [2.75, 3.05) is 13.2 Å². The van der Waals surface area contributed by atoms with Gasteiger partial charge < -0.3 is 4.74 Å². The minimum absolute atomic E-state index is 0.155. The van der Waals surface area contributed by atoms with Gasteiger partial charge in [0, 0.05) is 24.8 Å². The van der Waals surface area contributed by atoms with Gasteiger partial charge in [-0.15, -0.1) is 5.10 Å². The molecule has 0 spiro atoms. The second kappa shape index (κ2) is 9.59. The molecule has 4 aromatic rings. The molecular weight excluding hydrogens is 438 g/mol. The fourth-order valence-corrected chi connectivity index (χ4v) is 4.24. The highest BCUT2D eigenvalue weighted by Gasteiger charge is 2.14. The van der Waals surface area contributed by atoms with E-state index in [9.17, 15) is 9.59 Å². The largest absolute Gasteiger partial charge is 0.382 e. The van der Waals surface area contributed by atoms with E-state index in [1.807, 2.05) is 6.92 Å². The Morgan fingerprint density at radius 1 is 1.06 bits per heavy atom. The predicted molar refractivity (Wildman–Crippen MR) is 122 cm³/mol. The van der Waals surface area contributed by atoms with E-state index in [0.717, 1.165) is 0 Å². The minimum atomic E-state index is -0.243. The summed E-state index contributed by atoms with van der Waals surface area (Å²) in [5, 5.41) is 10.1. The molecule has 0 aliphatic heterocycles. The molecule has 10 heteroatoms. The number of hydrogen-bond acceptors (Lipinski definition) is 7. The Morgan fingerprint density at radius 3 is 2.71 bits per heavy atom. The molecule has 0 radical (unpaired) electrons. The summed E-state index contributed by atoms with van der Waals surface area (Å²) in [6, 6.07) is 12.1. The van der Waals surface area contributed by atoms with Crippen LogP contribution in [-0.2, 0) is 17.2 Å². The summed E-state index contributed by atoms with van der Waals surface area (Å²) in [6.07, 6.45) is 0.664. The quantitative estimate of drug-likeness (QED) is 0.227. The lowest BCUT2D eigenvalue weighted by Crippen LogP contribution is -2.26. The molecule has 0 atom stereocenters. The van der Waals surface area contributed by atoms with E-state index < -0.39 is 0 Å². The first-order valence-corrected chi connectivity index (χ1v) is 11.2. The molecular formula is C21H20ClN5O3S. The molecule has 0 bridgehead atoms. The zero-order chi connectivity index (χ0) is 21.8. The monoisotopic (exact) mass is 457 g/mol. The van der Waals surface area contributed by atoms with Crippen LogP contribution < -0.4 is 11.1 Å². The smallest absolute Gasteiger partial charge is 0.278 e. The summed E-state index contributed by atoms with van der Waals surface area (Å²) in [7, 11) is 0. The van der Waals surface area contributed by atoms with Crippen molar-refractivity contribution in [1.82, 2.24) is 24.5 Å². The number of nitrogens with zero attached hydrogens (tertiary/aromatic N) is 5. The Hall–Kier alpha value is -2.75. The van der Waals surface area contributed by atoms with Crippen LogP contribution in [0.2, 0.25) is 5.02 Å². The van der Waals surface area contributed by atoms with E-state index in [0.29, 0.717) is 58.2 Å². The van der Waals surface area contributed by atoms with Gasteiger partial charge in [-0.25, -0.2) is 4.98 Å². The van der Waals surface area contributed by atoms with Crippen LogP contribution in [0, 0.1) is 0 Å². The average Bonchev–Trinajstić information content (AvgIpc) is 2.77. The zero-order valence-corrected chi connectivity index (χ0v) is 18.4. The Morgan fingerprint density at radius 2 is 1.87 bits per heavy atom. The number of hydrogen-bond donors (Lipinski definition) is 0. The first-order chi connectivity index (χ1) is 15.1. The summed E-state index contributed by atoms with van der Waals surface area (Å²) < 4.78 is 8.28. The van der Waals surface area contributed by atoms with Gasteiger partial charge in [-0.1, -0.05) is 40.7 Å². The summed E-state index contributed by atoms with van der Waals surface area (Å²) in [4.78, 5) is 30.5. The number of benzene rings is 2. The molecule has 0 aliphatic carbocycles. The highest BCUT2D eigenvalue weighted by molar-refractivity contribution is 7.98. The van der Waals surface area contributed by atoms with Gasteiger partial charge in [0.1, 0.15) is 5.52 Å². The molecule has 2 aromatic carbocycles. The molecule has 2 heterocycles. The van der Waals surface area contributed by atoms with Crippen LogP contribution in [-0.4, -0.2) is 37.8 Å². The molecule has 8 nitrogen and oxygen atoms in total. The van der Waals surface area contributed by atoms with Crippen LogP contribution >= 0.6 is 23.4 Å². The molecule has 0 unspecified atom stereocenters. The molecule has 4 rings (SSSR count). The third-order valence-corrected chi connectivity index (χ3v) is 5.88. The second-order valence-electron chi connectivity index (χ2n) is 6.75. The van der Waals surface area contributed by atoms with Crippen molar-refractivity contribution in [2.24, 2.45) is 0 Å². The highest BCUT2D eigenvalue weighted by Crippen LogP contribution is 2.21. The lowest BCUT2D eigenvalue weighted by atomic mass is 10.2. The van der Waals surface area contributed by atoms with Gasteiger partial charge in [0.25, 0.3) is 11.1 Å². The molecule has 0 fully saturated rings. The Kier molecular flexibility index (Phi) is 6.64. The normalized spacial score (nSPS) is 11.4. The van der Waals surface area contributed by atoms with E-state index in [1.54, 1.807) is 47.0 Å². The fraction of sp³-hybridized carbons (Fsp3) is 0.286. The van der Waals surface area contributed by atoms with Gasteiger partial charge in [0.05, 0.1) is 22.2 Å². The van der Waals surface area contributed by atoms with Crippen LogP contribution in [0.5, 0.6) is 0 Å². The van der Waals surface area contributed by atoms with Gasteiger partial charge in [0.2, 0.25) is 0 Å². The van der Waals surface area contributed by atoms with Crippen molar-refractivity contribution in [3.63, 3.8) is 0 Å². The lowest BCUT2D eigenvalue weighted by molar-refractivity contribution is 0.140. The summed E-state index contributed by atoms with van der Waals surface area (Å²) in [5.41, 5.74) is 0.655. The fourth-order valence-electron chi connectivity index (χ4n) is 3.18. The lowest BCUT2D eigenvalue weighted by Gasteiger charge is -2.13. The van der Waals surface area contributed by atoms with E-state index in [-0.39, 0.29) is 17.0 Å². The maximum absolute atomic E-state index is 13.1. The van der Waals surface area contributed by atoms with Gasteiger partial charge >= 0.3 is 0 Å². The van der Waals surface area contributed by atoms with Crippen molar-refractivity contribution in [1.29, 1.82) is 0 Å². The molecule has 0 saturated carbocycles. The Bertz CT molecular complexity index is 1350. The molecule has 0 amide bonds. The van der Waals surface area contributed by atoms with Crippen LogP contribution in [0.1, 0.15) is 13.3 Å². The summed E-state index contributed by atoms with van der Waals surface area (Å²) in [6.45, 7) is 3.54. The van der Waals surface area contributed by atoms with Crippen molar-refractivity contribution in [2.45, 2.75) is 30.9 Å². The van der Waals surface area contributed by atoms with Gasteiger partial charge in [-0.05, 0) is 43.7 Å². The maximum Gasteiger partial charge on any atom is 0.278 e. The minimum Gasteiger partial charge on any atom is -0.382 e. The van der Waals surface area contributed by atoms with Crippen LogP contribution in [0.3, 0.4) is 0 Å². The molecule has 160 valence electrons. The van der Waals surface area contributed by atoms with Crippen molar-refractivity contribution >= 4 is 45.2 Å². The molecule has 0 aliphatic rings. The number of ether oxygens (including phenoxy) is 1. The molecule has 0 N–H and O–H groups in total. The first kappa shape index (κ1) is 21.5. The molecule has 2 aromatic heterocycles.